The van der Waals surface area contributed by atoms with Crippen molar-refractivity contribution < 1.29 is 18.3 Å². The van der Waals surface area contributed by atoms with Crippen LogP contribution in [0.2, 0.25) is 0 Å². The van der Waals surface area contributed by atoms with Crippen LogP contribution in [0, 0.1) is 11.3 Å². The lowest BCUT2D eigenvalue weighted by atomic mass is 9.75. The number of rotatable bonds is 4. The Morgan fingerprint density at radius 1 is 1.46 bits per heavy atom. The number of carboxylic acids is 1. The van der Waals surface area contributed by atoms with Crippen LogP contribution < -0.4 is 0 Å². The van der Waals surface area contributed by atoms with Gasteiger partial charge in [-0.3, -0.25) is 9.69 Å². The number of hydrogen-bond donors (Lipinski definition) is 1. The minimum Gasteiger partial charge on any atom is -0.481 e. The van der Waals surface area contributed by atoms with Gasteiger partial charge in [0.05, 0.1) is 18.2 Å². The van der Waals surface area contributed by atoms with Gasteiger partial charge in [-0.25, -0.2) is 17.7 Å². The Balaban J connectivity index is 1.83. The van der Waals surface area contributed by atoms with Gasteiger partial charge in [0.2, 0.25) is 10.0 Å². The maximum Gasteiger partial charge on any atom is 0.311 e. The third-order valence-electron chi connectivity index (χ3n) is 5.42. The molecule has 3 heterocycles. The molecule has 2 atom stereocenters. The molecule has 134 valence electrons. The van der Waals surface area contributed by atoms with Gasteiger partial charge in [0.15, 0.2) is 0 Å². The van der Waals surface area contributed by atoms with Crippen molar-refractivity contribution in [2.45, 2.75) is 19.4 Å². The molecule has 1 N–H and O–H groups in total. The Hall–Kier alpha value is -1.45. The first-order valence-corrected chi connectivity index (χ1v) is 9.94. The van der Waals surface area contributed by atoms with E-state index in [1.165, 1.54) is 4.31 Å². The van der Waals surface area contributed by atoms with Gasteiger partial charge in [-0.2, -0.15) is 0 Å². The lowest BCUT2D eigenvalue weighted by molar-refractivity contribution is -0.150. The third kappa shape index (κ3) is 3.07. The molecule has 0 spiro atoms. The number of nitrogens with zero attached hydrogens (tertiary/aromatic N) is 4. The number of imidazole rings is 1. The molecule has 0 saturated carbocycles. The van der Waals surface area contributed by atoms with Gasteiger partial charge in [0, 0.05) is 45.0 Å². The molecule has 2 saturated heterocycles. The first kappa shape index (κ1) is 17.4. The van der Waals surface area contributed by atoms with Crippen LogP contribution in [-0.4, -0.2) is 70.7 Å². The fraction of sp³-hybridized carbons (Fsp3) is 0.733. The Morgan fingerprint density at radius 3 is 2.79 bits per heavy atom. The molecule has 0 unspecified atom stereocenters. The molecule has 0 radical (unpaired) electrons. The monoisotopic (exact) mass is 356 g/mol. The van der Waals surface area contributed by atoms with Crippen molar-refractivity contribution in [3.8, 4) is 0 Å². The number of aromatic nitrogens is 2. The maximum absolute atomic E-state index is 12.0. The Morgan fingerprint density at radius 2 is 2.21 bits per heavy atom. The highest BCUT2D eigenvalue weighted by Crippen LogP contribution is 2.43. The average Bonchev–Trinajstić information content (AvgIpc) is 3.00. The standard InChI is InChI=1S/C15H24N4O4S/c1-17-7-5-16-13(17)10-18-6-3-4-15(14(20)21)11-19(24(2,22)23)9-12(15)8-18/h5,7,12H,3-4,6,8-11H2,1-2H3,(H,20,21)/t12-,15-/m0/s1. The molecule has 24 heavy (non-hydrogen) atoms. The minimum absolute atomic E-state index is 0.0854. The van der Waals surface area contributed by atoms with Crippen molar-refractivity contribution >= 4 is 16.0 Å². The van der Waals surface area contributed by atoms with Crippen LogP contribution in [0.5, 0.6) is 0 Å². The number of hydrogen-bond acceptors (Lipinski definition) is 5. The van der Waals surface area contributed by atoms with Gasteiger partial charge in [-0.05, 0) is 19.4 Å². The second-order valence-corrected chi connectivity index (χ2v) is 8.99. The molecular weight excluding hydrogens is 332 g/mol. The van der Waals surface area contributed by atoms with E-state index >= 15 is 0 Å². The summed E-state index contributed by atoms with van der Waals surface area (Å²) in [5.74, 6) is -0.152. The summed E-state index contributed by atoms with van der Waals surface area (Å²) < 4.78 is 27.1. The third-order valence-corrected chi connectivity index (χ3v) is 6.64. The molecule has 0 aliphatic carbocycles. The lowest BCUT2D eigenvalue weighted by Gasteiger charge is -2.29. The molecule has 1 aromatic heterocycles. The Labute approximate surface area is 142 Å². The molecule has 0 amide bonds. The van der Waals surface area contributed by atoms with Gasteiger partial charge in [0.1, 0.15) is 5.82 Å². The first-order chi connectivity index (χ1) is 11.2. The van der Waals surface area contributed by atoms with Crippen molar-refractivity contribution in [3.05, 3.63) is 18.2 Å². The van der Waals surface area contributed by atoms with Crippen molar-refractivity contribution in [1.82, 2.24) is 18.8 Å². The second kappa shape index (κ2) is 6.12. The molecular formula is C15H24N4O4S. The number of sulfonamides is 1. The van der Waals surface area contributed by atoms with Crippen molar-refractivity contribution in [2.24, 2.45) is 18.4 Å². The molecule has 0 aromatic carbocycles. The molecule has 2 aliphatic heterocycles. The van der Waals surface area contributed by atoms with Crippen LogP contribution in [-0.2, 0) is 28.4 Å². The van der Waals surface area contributed by atoms with Crippen LogP contribution in [0.15, 0.2) is 12.4 Å². The van der Waals surface area contributed by atoms with Crippen LogP contribution in [0.1, 0.15) is 18.7 Å². The highest BCUT2D eigenvalue weighted by molar-refractivity contribution is 7.88. The molecule has 3 rings (SSSR count). The van der Waals surface area contributed by atoms with Crippen molar-refractivity contribution in [3.63, 3.8) is 0 Å². The predicted octanol–water partition coefficient (Wildman–Crippen LogP) is -0.0217. The summed E-state index contributed by atoms with van der Waals surface area (Å²) in [6.07, 6.45) is 6.03. The summed E-state index contributed by atoms with van der Waals surface area (Å²) in [5, 5.41) is 9.84. The summed E-state index contributed by atoms with van der Waals surface area (Å²) in [5.41, 5.74) is -0.973. The molecule has 0 bridgehead atoms. The normalized spacial score (nSPS) is 29.3. The van der Waals surface area contributed by atoms with E-state index in [0.29, 0.717) is 19.5 Å². The summed E-state index contributed by atoms with van der Waals surface area (Å²) in [6.45, 7) is 2.39. The Bertz CT molecular complexity index is 732. The van der Waals surface area contributed by atoms with Crippen LogP contribution >= 0.6 is 0 Å². The van der Waals surface area contributed by atoms with Gasteiger partial charge in [0.25, 0.3) is 0 Å². The van der Waals surface area contributed by atoms with E-state index in [1.807, 2.05) is 17.8 Å². The first-order valence-electron chi connectivity index (χ1n) is 8.09. The zero-order valence-corrected chi connectivity index (χ0v) is 14.9. The van der Waals surface area contributed by atoms with Gasteiger partial charge < -0.3 is 9.67 Å². The number of aliphatic carboxylic acids is 1. The molecule has 2 aliphatic rings. The van der Waals surface area contributed by atoms with E-state index in [2.05, 4.69) is 9.88 Å². The van der Waals surface area contributed by atoms with E-state index in [-0.39, 0.29) is 19.0 Å². The van der Waals surface area contributed by atoms with Crippen LogP contribution in [0.3, 0.4) is 0 Å². The smallest absolute Gasteiger partial charge is 0.311 e. The van der Waals surface area contributed by atoms with Crippen molar-refractivity contribution in [2.75, 3.05) is 32.4 Å². The van der Waals surface area contributed by atoms with E-state index in [0.717, 1.165) is 25.0 Å². The van der Waals surface area contributed by atoms with Crippen LogP contribution in [0.25, 0.3) is 0 Å². The quantitative estimate of drug-likeness (QED) is 0.814. The topological polar surface area (TPSA) is 95.7 Å². The summed E-state index contributed by atoms with van der Waals surface area (Å²) in [7, 11) is -1.45. The molecule has 8 nitrogen and oxygen atoms in total. The molecule has 2 fully saturated rings. The fourth-order valence-electron chi connectivity index (χ4n) is 3.96. The second-order valence-electron chi connectivity index (χ2n) is 7.01. The van der Waals surface area contributed by atoms with E-state index < -0.39 is 21.4 Å². The lowest BCUT2D eigenvalue weighted by Crippen LogP contribution is -2.41. The van der Waals surface area contributed by atoms with Gasteiger partial charge >= 0.3 is 5.97 Å². The van der Waals surface area contributed by atoms with E-state index in [9.17, 15) is 18.3 Å². The predicted molar refractivity (Wildman–Crippen MR) is 87.7 cm³/mol. The average molecular weight is 356 g/mol. The zero-order chi connectivity index (χ0) is 17.5. The van der Waals surface area contributed by atoms with Crippen molar-refractivity contribution in [1.29, 1.82) is 0 Å². The van der Waals surface area contributed by atoms with Gasteiger partial charge in [-0.1, -0.05) is 0 Å². The minimum atomic E-state index is -3.38. The SMILES string of the molecule is Cn1ccnc1CN1CCC[C@]2(C(=O)O)CN(S(C)(=O)=O)C[C@@H]2C1. The number of likely N-dealkylation sites (tertiary alicyclic amines) is 1. The highest BCUT2D eigenvalue weighted by atomic mass is 32.2. The summed E-state index contributed by atoms with van der Waals surface area (Å²) >= 11 is 0. The molecule has 9 heteroatoms. The summed E-state index contributed by atoms with van der Waals surface area (Å²) in [6, 6.07) is 0. The number of aryl methyl sites for hydroxylation is 1. The zero-order valence-electron chi connectivity index (χ0n) is 14.1. The highest BCUT2D eigenvalue weighted by Gasteiger charge is 2.55. The number of carboxylic acid groups (broad SMARTS) is 1. The molecule has 1 aromatic rings. The fourth-order valence-corrected chi connectivity index (χ4v) is 4.88. The summed E-state index contributed by atoms with van der Waals surface area (Å²) in [4.78, 5) is 18.5. The number of carbonyl (C=O) groups is 1. The Kier molecular flexibility index (Phi) is 4.43. The largest absolute Gasteiger partial charge is 0.481 e. The van der Waals surface area contributed by atoms with E-state index in [1.54, 1.807) is 6.20 Å². The maximum atomic E-state index is 12.0. The van der Waals surface area contributed by atoms with Crippen LogP contribution in [0.4, 0.5) is 0 Å². The number of fused-ring (bicyclic) bond motifs is 1. The van der Waals surface area contributed by atoms with E-state index in [4.69, 9.17) is 0 Å². The van der Waals surface area contributed by atoms with Gasteiger partial charge in [-0.15, -0.1) is 0 Å².